The predicted molar refractivity (Wildman–Crippen MR) is 87.3 cm³/mol. The van der Waals surface area contributed by atoms with Crippen LogP contribution >= 0.6 is 11.6 Å². The molecule has 1 atom stereocenters. The summed E-state index contributed by atoms with van der Waals surface area (Å²) in [6.45, 7) is 0. The van der Waals surface area contributed by atoms with E-state index in [0.29, 0.717) is 5.92 Å². The average Bonchev–Trinajstić information content (AvgIpc) is 2.47. The maximum atomic E-state index is 5.87. The first-order valence-electron chi connectivity index (χ1n) is 7.38. The van der Waals surface area contributed by atoms with Crippen LogP contribution in [-0.2, 0) is 0 Å². The van der Waals surface area contributed by atoms with E-state index in [1.165, 1.54) is 22.5 Å². The highest BCUT2D eigenvalue weighted by atomic mass is 35.5. The molecule has 20 heavy (non-hydrogen) atoms. The molecule has 2 heteroatoms. The molecular formula is C18H20ClN. The highest BCUT2D eigenvalue weighted by Gasteiger charge is 2.17. The molecule has 0 radical (unpaired) electrons. The van der Waals surface area contributed by atoms with Crippen LogP contribution in [0.2, 0.25) is 0 Å². The van der Waals surface area contributed by atoms with Crippen LogP contribution in [0.5, 0.6) is 0 Å². The molecule has 104 valence electrons. The first-order chi connectivity index (χ1) is 9.88. The Morgan fingerprint density at radius 3 is 3.00 bits per heavy atom. The second-order valence-electron chi connectivity index (χ2n) is 5.38. The van der Waals surface area contributed by atoms with Crippen LogP contribution in [0.4, 0.5) is 5.69 Å². The maximum Gasteiger partial charge on any atom is 0.0420 e. The Morgan fingerprint density at radius 2 is 2.10 bits per heavy atom. The van der Waals surface area contributed by atoms with E-state index < -0.39 is 0 Å². The summed E-state index contributed by atoms with van der Waals surface area (Å²) in [6, 6.07) is 8.65. The minimum atomic E-state index is 0.446. The lowest BCUT2D eigenvalue weighted by Gasteiger charge is -2.24. The molecule has 3 rings (SSSR count). The molecule has 0 spiro atoms. The summed E-state index contributed by atoms with van der Waals surface area (Å²) in [4.78, 5) is 0. The van der Waals surface area contributed by atoms with Crippen molar-refractivity contribution in [3.8, 4) is 0 Å². The van der Waals surface area contributed by atoms with Crippen LogP contribution in [0, 0.1) is 0 Å². The van der Waals surface area contributed by atoms with E-state index in [4.69, 9.17) is 11.6 Å². The Bertz CT molecular complexity index is 569. The molecule has 0 fully saturated rings. The fourth-order valence-electron chi connectivity index (χ4n) is 2.94. The van der Waals surface area contributed by atoms with Gasteiger partial charge in [0.05, 0.1) is 0 Å². The summed E-state index contributed by atoms with van der Waals surface area (Å²) in [5.74, 6) is 1.18. The number of fused-ring (bicyclic) bond motifs is 1. The van der Waals surface area contributed by atoms with Crippen LogP contribution in [0.1, 0.15) is 37.2 Å². The standard InChI is InChI=1S/C18H20ClN/c19-13-5-7-14-11-12-15-6-1-3-9-17(15)20-18-10-4-2-8-16(14)18/h1-2,4,6,8,10-12,14,20H,3,5,7,9,13H2. The number of allylic oxidation sites excluding steroid dienone is 6. The summed E-state index contributed by atoms with van der Waals surface area (Å²) >= 11 is 5.87. The van der Waals surface area contributed by atoms with Crippen molar-refractivity contribution in [2.45, 2.75) is 31.6 Å². The fourth-order valence-corrected chi connectivity index (χ4v) is 3.10. The predicted octanol–water partition coefficient (Wildman–Crippen LogP) is 5.38. The van der Waals surface area contributed by atoms with E-state index in [-0.39, 0.29) is 0 Å². The number of anilines is 1. The van der Waals surface area contributed by atoms with Crippen LogP contribution in [0.3, 0.4) is 0 Å². The zero-order valence-corrected chi connectivity index (χ0v) is 12.4. The van der Waals surface area contributed by atoms with Gasteiger partial charge in [0, 0.05) is 23.2 Å². The largest absolute Gasteiger partial charge is 0.358 e. The van der Waals surface area contributed by atoms with Gasteiger partial charge in [-0.25, -0.2) is 0 Å². The van der Waals surface area contributed by atoms with Crippen LogP contribution < -0.4 is 5.32 Å². The second-order valence-corrected chi connectivity index (χ2v) is 5.76. The van der Waals surface area contributed by atoms with Crippen LogP contribution in [0.25, 0.3) is 0 Å². The third-order valence-electron chi connectivity index (χ3n) is 4.01. The zero-order chi connectivity index (χ0) is 13.8. The summed E-state index contributed by atoms with van der Waals surface area (Å²) in [5, 5.41) is 3.65. The summed E-state index contributed by atoms with van der Waals surface area (Å²) in [5.41, 5.74) is 5.29. The Labute approximate surface area is 126 Å². The van der Waals surface area contributed by atoms with Gasteiger partial charge in [-0.15, -0.1) is 11.6 Å². The smallest absolute Gasteiger partial charge is 0.0420 e. The minimum Gasteiger partial charge on any atom is -0.358 e. The van der Waals surface area contributed by atoms with Gasteiger partial charge in [-0.05, 0) is 42.9 Å². The van der Waals surface area contributed by atoms with Gasteiger partial charge in [0.1, 0.15) is 0 Å². The van der Waals surface area contributed by atoms with E-state index in [0.717, 1.165) is 31.6 Å². The fraction of sp³-hybridized carbons (Fsp3) is 0.333. The van der Waals surface area contributed by atoms with Gasteiger partial charge >= 0.3 is 0 Å². The number of benzene rings is 1. The molecule has 2 aliphatic rings. The molecule has 1 aromatic carbocycles. The Kier molecular flexibility index (Phi) is 4.27. The Balaban J connectivity index is 1.99. The Morgan fingerprint density at radius 1 is 1.20 bits per heavy atom. The molecule has 0 bridgehead atoms. The number of alkyl halides is 1. The van der Waals surface area contributed by atoms with Gasteiger partial charge < -0.3 is 5.32 Å². The normalized spacial score (nSPS) is 20.8. The van der Waals surface area contributed by atoms with Crippen molar-refractivity contribution in [2.24, 2.45) is 0 Å². The molecule has 1 aliphatic heterocycles. The lowest BCUT2D eigenvalue weighted by atomic mass is 9.89. The number of hydrogen-bond acceptors (Lipinski definition) is 1. The van der Waals surface area contributed by atoms with E-state index in [2.05, 4.69) is 53.9 Å². The third-order valence-corrected chi connectivity index (χ3v) is 4.28. The van der Waals surface area contributed by atoms with E-state index in [1.54, 1.807) is 0 Å². The van der Waals surface area contributed by atoms with Gasteiger partial charge in [0.25, 0.3) is 0 Å². The Hall–Kier alpha value is -1.47. The van der Waals surface area contributed by atoms with Gasteiger partial charge in [-0.1, -0.05) is 42.5 Å². The maximum absolute atomic E-state index is 5.87. The van der Waals surface area contributed by atoms with Crippen molar-refractivity contribution in [3.05, 3.63) is 65.4 Å². The molecule has 1 N–H and O–H groups in total. The molecular weight excluding hydrogens is 266 g/mol. The number of rotatable bonds is 3. The highest BCUT2D eigenvalue weighted by molar-refractivity contribution is 6.17. The molecule has 1 unspecified atom stereocenters. The van der Waals surface area contributed by atoms with Crippen molar-refractivity contribution in [1.29, 1.82) is 0 Å². The highest BCUT2D eigenvalue weighted by Crippen LogP contribution is 2.34. The third kappa shape index (κ3) is 2.83. The lowest BCUT2D eigenvalue weighted by Crippen LogP contribution is -2.10. The number of halogens is 1. The van der Waals surface area contributed by atoms with Crippen molar-refractivity contribution in [3.63, 3.8) is 0 Å². The van der Waals surface area contributed by atoms with Crippen LogP contribution in [-0.4, -0.2) is 5.88 Å². The molecule has 1 nitrogen and oxygen atoms in total. The monoisotopic (exact) mass is 285 g/mol. The molecule has 1 aliphatic carbocycles. The number of para-hydroxylation sites is 1. The van der Waals surface area contributed by atoms with Crippen molar-refractivity contribution < 1.29 is 0 Å². The van der Waals surface area contributed by atoms with Crippen molar-refractivity contribution in [2.75, 3.05) is 11.2 Å². The van der Waals surface area contributed by atoms with E-state index in [9.17, 15) is 0 Å². The summed E-state index contributed by atoms with van der Waals surface area (Å²) in [7, 11) is 0. The van der Waals surface area contributed by atoms with Gasteiger partial charge in [-0.2, -0.15) is 0 Å². The van der Waals surface area contributed by atoms with Crippen molar-refractivity contribution in [1.82, 2.24) is 0 Å². The van der Waals surface area contributed by atoms with Crippen LogP contribution in [0.15, 0.2) is 59.8 Å². The summed E-state index contributed by atoms with van der Waals surface area (Å²) in [6.07, 6.45) is 13.5. The molecule has 1 heterocycles. The topological polar surface area (TPSA) is 12.0 Å². The first-order valence-corrected chi connectivity index (χ1v) is 7.92. The first kappa shape index (κ1) is 13.5. The molecule has 0 amide bonds. The van der Waals surface area contributed by atoms with Crippen molar-refractivity contribution >= 4 is 17.3 Å². The molecule has 0 aromatic heterocycles. The zero-order valence-electron chi connectivity index (χ0n) is 11.6. The van der Waals surface area contributed by atoms with Gasteiger partial charge in [0.15, 0.2) is 0 Å². The quantitative estimate of drug-likeness (QED) is 0.736. The van der Waals surface area contributed by atoms with Gasteiger partial charge in [-0.3, -0.25) is 0 Å². The number of nitrogens with one attached hydrogen (secondary N) is 1. The van der Waals surface area contributed by atoms with E-state index >= 15 is 0 Å². The second kappa shape index (κ2) is 6.32. The SMILES string of the molecule is ClCCCC1C=CC2=C(CCC=C2)Nc2ccccc21. The molecule has 0 saturated carbocycles. The molecule has 0 saturated heterocycles. The minimum absolute atomic E-state index is 0.446. The van der Waals surface area contributed by atoms with E-state index in [1.807, 2.05) is 0 Å². The average molecular weight is 286 g/mol. The lowest BCUT2D eigenvalue weighted by molar-refractivity contribution is 0.720. The summed E-state index contributed by atoms with van der Waals surface area (Å²) < 4.78 is 0. The van der Waals surface area contributed by atoms with Gasteiger partial charge in [0.2, 0.25) is 0 Å². The molecule has 1 aromatic rings. The number of hydrogen-bond donors (Lipinski definition) is 1.